The lowest BCUT2D eigenvalue weighted by Crippen LogP contribution is -2.59. The van der Waals surface area contributed by atoms with E-state index in [1.54, 1.807) is 25.0 Å². The van der Waals surface area contributed by atoms with Gasteiger partial charge < -0.3 is 25.0 Å². The number of carbonyl (C=O) groups is 3. The van der Waals surface area contributed by atoms with E-state index >= 15 is 0 Å². The number of hydrogen-bond acceptors (Lipinski definition) is 6. The quantitative estimate of drug-likeness (QED) is 0.541. The van der Waals surface area contributed by atoms with Crippen LogP contribution in [-0.4, -0.2) is 90.8 Å². The highest BCUT2D eigenvalue weighted by molar-refractivity contribution is 5.95. The molecule has 0 bridgehead atoms. The van der Waals surface area contributed by atoms with Crippen molar-refractivity contribution < 1.29 is 23.9 Å². The van der Waals surface area contributed by atoms with Crippen LogP contribution in [-0.2, 0) is 9.53 Å². The molecular formula is C27H41N5O5. The van der Waals surface area contributed by atoms with Crippen LogP contribution in [0, 0.1) is 0 Å². The lowest BCUT2D eigenvalue weighted by atomic mass is 9.93. The lowest BCUT2D eigenvalue weighted by Gasteiger charge is -2.43. The fourth-order valence-electron chi connectivity index (χ4n) is 4.88. The molecule has 3 rings (SSSR count). The number of nitrogens with zero attached hydrogens (tertiary/aromatic N) is 3. The summed E-state index contributed by atoms with van der Waals surface area (Å²) < 4.78 is 11.0. The molecule has 10 heteroatoms. The zero-order valence-electron chi connectivity index (χ0n) is 23.1. The van der Waals surface area contributed by atoms with Crippen LogP contribution >= 0.6 is 0 Å². The number of piperazine rings is 1. The maximum absolute atomic E-state index is 13.4. The first-order valence-electron chi connectivity index (χ1n) is 12.9. The summed E-state index contributed by atoms with van der Waals surface area (Å²) in [5.74, 6) is 0.106. The summed E-state index contributed by atoms with van der Waals surface area (Å²) in [5.41, 5.74) is 1.37. The number of likely N-dealkylation sites (N-methyl/N-ethyl adjacent to an activating group) is 1. The van der Waals surface area contributed by atoms with Gasteiger partial charge in [-0.1, -0.05) is 18.2 Å². The Morgan fingerprint density at radius 1 is 1.16 bits per heavy atom. The van der Waals surface area contributed by atoms with Crippen LogP contribution in [0.15, 0.2) is 35.5 Å². The van der Waals surface area contributed by atoms with Gasteiger partial charge in [0, 0.05) is 55.6 Å². The van der Waals surface area contributed by atoms with Crippen molar-refractivity contribution in [2.45, 2.75) is 59.2 Å². The molecule has 1 saturated heterocycles. The van der Waals surface area contributed by atoms with E-state index in [2.05, 4.69) is 15.5 Å². The first-order chi connectivity index (χ1) is 17.5. The molecule has 10 nitrogen and oxygen atoms in total. The fraction of sp³-hybridized carbons (Fsp3) is 0.593. The molecule has 1 aromatic carbocycles. The van der Waals surface area contributed by atoms with Crippen LogP contribution in [0.1, 0.15) is 53.1 Å². The Balaban J connectivity index is 1.96. The van der Waals surface area contributed by atoms with Crippen LogP contribution in [0.2, 0.25) is 0 Å². The lowest BCUT2D eigenvalue weighted by molar-refractivity contribution is -0.139. The number of methoxy groups -OCH3 is 1. The first-order valence-corrected chi connectivity index (χ1v) is 12.9. The van der Waals surface area contributed by atoms with Gasteiger partial charge in [-0.25, -0.2) is 14.4 Å². The number of carbonyl (C=O) groups excluding carboxylic acids is 3. The Hall–Kier alpha value is -3.27. The van der Waals surface area contributed by atoms with Crippen molar-refractivity contribution in [1.29, 1.82) is 0 Å². The number of para-hydroxylation sites is 1. The molecule has 204 valence electrons. The molecular weight excluding hydrogens is 474 g/mol. The van der Waals surface area contributed by atoms with E-state index in [-0.39, 0.29) is 30.2 Å². The molecule has 0 saturated carbocycles. The Kier molecular flexibility index (Phi) is 9.07. The number of amides is 4. The molecule has 2 heterocycles. The third-order valence-electron chi connectivity index (χ3n) is 6.53. The van der Waals surface area contributed by atoms with E-state index in [4.69, 9.17) is 9.47 Å². The largest absolute Gasteiger partial charge is 0.496 e. The van der Waals surface area contributed by atoms with Gasteiger partial charge in [0.25, 0.3) is 0 Å². The molecule has 0 unspecified atom stereocenters. The van der Waals surface area contributed by atoms with Gasteiger partial charge in [0.2, 0.25) is 0 Å². The average Bonchev–Trinajstić information content (AvgIpc) is 2.82. The number of benzene rings is 1. The molecule has 0 aliphatic carbocycles. The van der Waals surface area contributed by atoms with Crippen molar-refractivity contribution in [2.75, 3.05) is 46.4 Å². The highest BCUT2D eigenvalue weighted by Gasteiger charge is 2.40. The minimum Gasteiger partial charge on any atom is -0.496 e. The van der Waals surface area contributed by atoms with E-state index in [1.165, 1.54) is 0 Å². The number of nitrogens with one attached hydrogen (secondary N) is 2. The van der Waals surface area contributed by atoms with Gasteiger partial charge >= 0.3 is 18.0 Å². The zero-order valence-corrected chi connectivity index (χ0v) is 23.1. The molecule has 0 spiro atoms. The summed E-state index contributed by atoms with van der Waals surface area (Å²) in [6.07, 6.45) is 0. The Bertz CT molecular complexity index is 1030. The number of esters is 1. The van der Waals surface area contributed by atoms with Gasteiger partial charge in [-0.2, -0.15) is 0 Å². The van der Waals surface area contributed by atoms with Crippen LogP contribution < -0.4 is 15.4 Å². The molecule has 4 amide bonds. The van der Waals surface area contributed by atoms with E-state index < -0.39 is 12.0 Å². The molecule has 1 aromatic rings. The summed E-state index contributed by atoms with van der Waals surface area (Å²) in [4.78, 5) is 45.0. The minimum absolute atomic E-state index is 0.0414. The summed E-state index contributed by atoms with van der Waals surface area (Å²) in [6.45, 7) is 14.3. The summed E-state index contributed by atoms with van der Waals surface area (Å²) in [5, 5.41) is 6.02. The Morgan fingerprint density at radius 3 is 2.46 bits per heavy atom. The second-order valence-electron chi connectivity index (χ2n) is 10.4. The van der Waals surface area contributed by atoms with E-state index in [1.807, 2.05) is 57.7 Å². The predicted molar refractivity (Wildman–Crippen MR) is 141 cm³/mol. The monoisotopic (exact) mass is 515 g/mol. The molecule has 2 N–H and O–H groups in total. The molecule has 2 aliphatic heterocycles. The zero-order chi connectivity index (χ0) is 27.3. The summed E-state index contributed by atoms with van der Waals surface area (Å²) in [7, 11) is 1.56. The van der Waals surface area contributed by atoms with Crippen LogP contribution in [0.4, 0.5) is 9.59 Å². The van der Waals surface area contributed by atoms with Gasteiger partial charge in [0.05, 0.1) is 25.3 Å². The highest BCUT2D eigenvalue weighted by Crippen LogP contribution is 2.36. The number of rotatable bonds is 7. The molecule has 2 aliphatic rings. The second kappa shape index (κ2) is 11.9. The molecule has 2 atom stereocenters. The average molecular weight is 516 g/mol. The third-order valence-corrected chi connectivity index (χ3v) is 6.53. The van der Waals surface area contributed by atoms with Gasteiger partial charge in [0.15, 0.2) is 0 Å². The van der Waals surface area contributed by atoms with Crippen molar-refractivity contribution in [1.82, 2.24) is 25.3 Å². The first kappa shape index (κ1) is 28.3. The van der Waals surface area contributed by atoms with Crippen molar-refractivity contribution in [2.24, 2.45) is 0 Å². The van der Waals surface area contributed by atoms with Crippen molar-refractivity contribution in [3.8, 4) is 5.75 Å². The highest BCUT2D eigenvalue weighted by atomic mass is 16.5. The van der Waals surface area contributed by atoms with Crippen molar-refractivity contribution in [3.63, 3.8) is 0 Å². The van der Waals surface area contributed by atoms with E-state index in [0.717, 1.165) is 0 Å². The third kappa shape index (κ3) is 6.54. The van der Waals surface area contributed by atoms with Gasteiger partial charge in [-0.15, -0.1) is 0 Å². The molecule has 0 radical (unpaired) electrons. The molecule has 1 fully saturated rings. The van der Waals surface area contributed by atoms with E-state index in [9.17, 15) is 14.4 Å². The standard InChI is InChI=1S/C27H41N5O5/c1-8-31-20(17-30-14-15-32(18(3)16-30)26(35)29-27(4,5)6)22(24(33)37-9-2)23(28-25(31)34)19-12-10-11-13-21(19)36-7/h10-13,18,23H,8-9,14-17H2,1-7H3,(H,28,34)(H,29,35)/t18-,23-/m1/s1. The normalized spacial score (nSPS) is 21.0. The second-order valence-corrected chi connectivity index (χ2v) is 10.4. The summed E-state index contributed by atoms with van der Waals surface area (Å²) >= 11 is 0. The fourth-order valence-corrected chi connectivity index (χ4v) is 4.88. The number of ether oxygens (including phenoxy) is 2. The maximum Gasteiger partial charge on any atom is 0.338 e. The molecule has 0 aromatic heterocycles. The van der Waals surface area contributed by atoms with Crippen LogP contribution in [0.3, 0.4) is 0 Å². The van der Waals surface area contributed by atoms with Gasteiger partial charge in [-0.3, -0.25) is 9.80 Å². The van der Waals surface area contributed by atoms with Gasteiger partial charge in [0.1, 0.15) is 5.75 Å². The van der Waals surface area contributed by atoms with Crippen LogP contribution in [0.5, 0.6) is 5.75 Å². The Labute approximate surface area is 219 Å². The van der Waals surface area contributed by atoms with Gasteiger partial charge in [-0.05, 0) is 47.6 Å². The SMILES string of the molecule is CCOC(=O)C1=C(CN2CCN(C(=O)NC(C)(C)C)[C@H](C)C2)N(CC)C(=O)N[C@@H]1c1ccccc1OC. The Morgan fingerprint density at radius 2 is 1.86 bits per heavy atom. The maximum atomic E-state index is 13.4. The number of urea groups is 2. The number of hydrogen-bond donors (Lipinski definition) is 2. The molecule has 37 heavy (non-hydrogen) atoms. The summed E-state index contributed by atoms with van der Waals surface area (Å²) in [6, 6.07) is 6.22. The van der Waals surface area contributed by atoms with E-state index in [0.29, 0.717) is 55.3 Å². The topological polar surface area (TPSA) is 103 Å². The van der Waals surface area contributed by atoms with Crippen molar-refractivity contribution in [3.05, 3.63) is 41.1 Å². The van der Waals surface area contributed by atoms with Crippen LogP contribution in [0.25, 0.3) is 0 Å². The minimum atomic E-state index is -0.711. The predicted octanol–water partition coefficient (Wildman–Crippen LogP) is 3.11. The van der Waals surface area contributed by atoms with Crippen molar-refractivity contribution >= 4 is 18.0 Å². The smallest absolute Gasteiger partial charge is 0.338 e.